The van der Waals surface area contributed by atoms with Gasteiger partial charge in [-0.05, 0) is 47.9 Å². The van der Waals surface area contributed by atoms with E-state index in [0.29, 0.717) is 17.5 Å². The van der Waals surface area contributed by atoms with Gasteiger partial charge in [-0.25, -0.2) is 4.79 Å². The first-order valence-corrected chi connectivity index (χ1v) is 9.03. The van der Waals surface area contributed by atoms with Crippen molar-refractivity contribution in [2.75, 3.05) is 16.8 Å². The quantitative estimate of drug-likeness (QED) is 0.837. The lowest BCUT2D eigenvalue weighted by atomic mass is 10.0. The molecule has 26 heavy (non-hydrogen) atoms. The topological polar surface area (TPSA) is 61.4 Å². The van der Waals surface area contributed by atoms with Gasteiger partial charge in [-0.2, -0.15) is 0 Å². The summed E-state index contributed by atoms with van der Waals surface area (Å²) < 4.78 is 0. The summed E-state index contributed by atoms with van der Waals surface area (Å²) in [6.07, 6.45) is 0.280. The Hall–Kier alpha value is -2.53. The molecule has 0 aliphatic carbocycles. The molecule has 0 saturated carbocycles. The number of nitrogens with one attached hydrogen (secondary N) is 2. The van der Waals surface area contributed by atoms with E-state index in [2.05, 4.69) is 24.5 Å². The lowest BCUT2D eigenvalue weighted by Gasteiger charge is -2.17. The number of nitrogens with zero attached hydrogens (tertiary/aromatic N) is 1. The molecule has 1 aliphatic rings. The summed E-state index contributed by atoms with van der Waals surface area (Å²) in [4.78, 5) is 26.1. The van der Waals surface area contributed by atoms with Crippen molar-refractivity contribution in [1.29, 1.82) is 0 Å². The number of urea groups is 1. The fourth-order valence-electron chi connectivity index (χ4n) is 2.98. The zero-order valence-corrected chi connectivity index (χ0v) is 15.6. The van der Waals surface area contributed by atoms with Gasteiger partial charge in [0, 0.05) is 29.4 Å². The van der Waals surface area contributed by atoms with Crippen molar-refractivity contribution in [2.45, 2.75) is 32.2 Å². The van der Waals surface area contributed by atoms with Gasteiger partial charge in [-0.3, -0.25) is 4.79 Å². The third-order valence-corrected chi connectivity index (χ3v) is 4.69. The van der Waals surface area contributed by atoms with Crippen molar-refractivity contribution in [3.8, 4) is 0 Å². The zero-order valence-electron chi connectivity index (χ0n) is 14.8. The van der Waals surface area contributed by atoms with Gasteiger partial charge in [-0.15, -0.1) is 0 Å². The first kappa shape index (κ1) is 18.3. The maximum atomic E-state index is 12.2. The van der Waals surface area contributed by atoms with Crippen molar-refractivity contribution in [1.82, 2.24) is 5.32 Å². The monoisotopic (exact) mass is 371 g/mol. The second-order valence-corrected chi connectivity index (χ2v) is 7.19. The van der Waals surface area contributed by atoms with Crippen LogP contribution in [0.15, 0.2) is 48.5 Å². The predicted molar refractivity (Wildman–Crippen MR) is 105 cm³/mol. The van der Waals surface area contributed by atoms with Crippen LogP contribution in [0.4, 0.5) is 16.2 Å². The maximum absolute atomic E-state index is 12.2. The van der Waals surface area contributed by atoms with Crippen LogP contribution in [0.2, 0.25) is 5.02 Å². The average Bonchev–Trinajstić information content (AvgIpc) is 2.96. The van der Waals surface area contributed by atoms with Gasteiger partial charge >= 0.3 is 6.03 Å². The van der Waals surface area contributed by atoms with Crippen LogP contribution in [0.3, 0.4) is 0 Å². The summed E-state index contributed by atoms with van der Waals surface area (Å²) in [5, 5.41) is 6.31. The highest BCUT2D eigenvalue weighted by atomic mass is 35.5. The van der Waals surface area contributed by atoms with E-state index in [4.69, 9.17) is 11.6 Å². The molecule has 0 unspecified atom stereocenters. The van der Waals surface area contributed by atoms with Gasteiger partial charge < -0.3 is 15.5 Å². The normalized spacial score (nSPS) is 16.8. The third-order valence-electron chi connectivity index (χ3n) is 4.43. The number of carbonyl (C=O) groups is 2. The third kappa shape index (κ3) is 4.35. The fraction of sp³-hybridized carbons (Fsp3) is 0.300. The minimum Gasteiger partial charge on any atom is -0.333 e. The summed E-state index contributed by atoms with van der Waals surface area (Å²) in [6.45, 7) is 4.69. The molecule has 1 atom stereocenters. The highest BCUT2D eigenvalue weighted by molar-refractivity contribution is 6.30. The molecule has 1 heterocycles. The molecule has 136 valence electrons. The number of hydrogen-bond acceptors (Lipinski definition) is 2. The van der Waals surface area contributed by atoms with Crippen LogP contribution in [0.25, 0.3) is 0 Å². The first-order valence-electron chi connectivity index (χ1n) is 8.66. The Balaban J connectivity index is 1.56. The molecule has 3 rings (SSSR count). The number of anilines is 2. The van der Waals surface area contributed by atoms with E-state index in [-0.39, 0.29) is 24.4 Å². The van der Waals surface area contributed by atoms with Crippen LogP contribution in [0.5, 0.6) is 0 Å². The lowest BCUT2D eigenvalue weighted by molar-refractivity contribution is -0.117. The average molecular weight is 372 g/mol. The molecule has 0 bridgehead atoms. The molecule has 6 heteroatoms. The van der Waals surface area contributed by atoms with Crippen LogP contribution >= 0.6 is 11.6 Å². The molecule has 2 aromatic carbocycles. The zero-order chi connectivity index (χ0) is 18.7. The summed E-state index contributed by atoms with van der Waals surface area (Å²) >= 11 is 5.89. The summed E-state index contributed by atoms with van der Waals surface area (Å²) in [5.74, 6) is 0.431. The molecule has 3 amide bonds. The van der Waals surface area contributed by atoms with E-state index in [9.17, 15) is 9.59 Å². The molecule has 0 radical (unpaired) electrons. The molecule has 1 saturated heterocycles. The molecule has 1 fully saturated rings. The smallest absolute Gasteiger partial charge is 0.319 e. The van der Waals surface area contributed by atoms with Crippen LogP contribution in [0, 0.1) is 0 Å². The summed E-state index contributed by atoms with van der Waals surface area (Å²) in [5.41, 5.74) is 2.73. The number of benzene rings is 2. The molecular formula is C20H22ClN3O2. The van der Waals surface area contributed by atoms with Gasteiger partial charge in [0.15, 0.2) is 0 Å². The van der Waals surface area contributed by atoms with Crippen LogP contribution < -0.4 is 15.5 Å². The standard InChI is InChI=1S/C20H22ClN3O2/c1-13(2)14-3-7-16(8-4-14)22-20(26)23-17-11-19(25)24(12-17)18-9-5-15(21)6-10-18/h3-10,13,17H,11-12H2,1-2H3,(H2,22,23,26)/t17-/m1/s1. The highest BCUT2D eigenvalue weighted by Gasteiger charge is 2.31. The first-order chi connectivity index (χ1) is 12.4. The number of hydrogen-bond donors (Lipinski definition) is 2. The Labute approximate surface area is 158 Å². The van der Waals surface area contributed by atoms with Gasteiger partial charge in [-0.1, -0.05) is 37.6 Å². The van der Waals surface area contributed by atoms with E-state index in [0.717, 1.165) is 11.4 Å². The number of amides is 3. The van der Waals surface area contributed by atoms with Crippen molar-refractivity contribution in [2.24, 2.45) is 0 Å². The van der Waals surface area contributed by atoms with E-state index >= 15 is 0 Å². The summed E-state index contributed by atoms with van der Waals surface area (Å²) in [7, 11) is 0. The predicted octanol–water partition coefficient (Wildman–Crippen LogP) is 4.39. The van der Waals surface area contributed by atoms with E-state index in [1.165, 1.54) is 5.56 Å². The van der Waals surface area contributed by atoms with Gasteiger partial charge in [0.1, 0.15) is 0 Å². The van der Waals surface area contributed by atoms with E-state index < -0.39 is 0 Å². The molecular weight excluding hydrogens is 350 g/mol. The van der Waals surface area contributed by atoms with E-state index in [1.54, 1.807) is 29.2 Å². The lowest BCUT2D eigenvalue weighted by Crippen LogP contribution is -2.39. The Bertz CT molecular complexity index is 788. The van der Waals surface area contributed by atoms with Crippen molar-refractivity contribution in [3.05, 3.63) is 59.1 Å². The van der Waals surface area contributed by atoms with Crippen molar-refractivity contribution >= 4 is 34.9 Å². The Kier molecular flexibility index (Phi) is 5.47. The van der Waals surface area contributed by atoms with Gasteiger partial charge in [0.2, 0.25) is 5.91 Å². The minimum absolute atomic E-state index is 0.0149. The molecule has 2 N–H and O–H groups in total. The summed E-state index contributed by atoms with van der Waals surface area (Å²) in [6, 6.07) is 14.3. The number of halogens is 1. The highest BCUT2D eigenvalue weighted by Crippen LogP contribution is 2.23. The minimum atomic E-state index is -0.307. The molecule has 1 aliphatic heterocycles. The molecule has 0 spiro atoms. The van der Waals surface area contributed by atoms with Crippen molar-refractivity contribution < 1.29 is 9.59 Å². The second-order valence-electron chi connectivity index (χ2n) is 6.76. The van der Waals surface area contributed by atoms with Gasteiger partial charge in [0.05, 0.1) is 6.04 Å². The van der Waals surface area contributed by atoms with Crippen LogP contribution in [-0.4, -0.2) is 24.5 Å². The Morgan fingerprint density at radius 3 is 2.38 bits per heavy atom. The Morgan fingerprint density at radius 2 is 1.77 bits per heavy atom. The molecule has 5 nitrogen and oxygen atoms in total. The second kappa shape index (κ2) is 7.79. The van der Waals surface area contributed by atoms with E-state index in [1.807, 2.05) is 24.3 Å². The SMILES string of the molecule is CC(C)c1ccc(NC(=O)N[C@@H]2CC(=O)N(c3ccc(Cl)cc3)C2)cc1. The fourth-order valence-corrected chi connectivity index (χ4v) is 3.10. The molecule has 0 aromatic heterocycles. The van der Waals surface area contributed by atoms with Gasteiger partial charge in [0.25, 0.3) is 0 Å². The van der Waals surface area contributed by atoms with Crippen LogP contribution in [-0.2, 0) is 4.79 Å². The number of rotatable bonds is 4. The largest absolute Gasteiger partial charge is 0.333 e. The number of carbonyl (C=O) groups excluding carboxylic acids is 2. The molecule has 2 aromatic rings. The van der Waals surface area contributed by atoms with Crippen LogP contribution in [0.1, 0.15) is 31.7 Å². The van der Waals surface area contributed by atoms with Crippen molar-refractivity contribution in [3.63, 3.8) is 0 Å². The Morgan fingerprint density at radius 1 is 1.12 bits per heavy atom. The maximum Gasteiger partial charge on any atom is 0.319 e.